The Morgan fingerprint density at radius 2 is 2.06 bits per heavy atom. The van der Waals surface area contributed by atoms with E-state index in [9.17, 15) is 5.11 Å². The molecule has 0 fully saturated rings. The molecule has 5 nitrogen and oxygen atoms in total. The molecule has 0 saturated heterocycles. The van der Waals surface area contributed by atoms with E-state index in [0.717, 1.165) is 6.42 Å². The van der Waals surface area contributed by atoms with Gasteiger partial charge in [-0.3, -0.25) is 0 Å². The van der Waals surface area contributed by atoms with Gasteiger partial charge in [0, 0.05) is 6.54 Å². The SMILES string of the molecule is CCCC(C)(O)CNc1nc(Cl)nnc1Cl. The van der Waals surface area contributed by atoms with E-state index in [1.165, 1.54) is 0 Å². The number of halogens is 2. The van der Waals surface area contributed by atoms with Crippen LogP contribution < -0.4 is 5.32 Å². The molecule has 0 radical (unpaired) electrons. The van der Waals surface area contributed by atoms with Crippen LogP contribution in [0.25, 0.3) is 0 Å². The fourth-order valence-electron chi connectivity index (χ4n) is 1.31. The number of aliphatic hydroxyl groups is 1. The van der Waals surface area contributed by atoms with Gasteiger partial charge in [0.15, 0.2) is 11.0 Å². The van der Waals surface area contributed by atoms with E-state index in [4.69, 9.17) is 23.2 Å². The first kappa shape index (κ1) is 13.4. The zero-order valence-corrected chi connectivity index (χ0v) is 10.7. The summed E-state index contributed by atoms with van der Waals surface area (Å²) in [4.78, 5) is 3.87. The summed E-state index contributed by atoms with van der Waals surface area (Å²) in [7, 11) is 0. The first-order valence-electron chi connectivity index (χ1n) is 4.96. The van der Waals surface area contributed by atoms with Crippen molar-refractivity contribution in [3.05, 3.63) is 10.4 Å². The lowest BCUT2D eigenvalue weighted by molar-refractivity contribution is 0.0636. The van der Waals surface area contributed by atoms with Gasteiger partial charge in [-0.15, -0.1) is 10.2 Å². The molecule has 1 unspecified atom stereocenters. The van der Waals surface area contributed by atoms with Gasteiger partial charge in [-0.05, 0) is 24.9 Å². The molecular formula is C9H14Cl2N4O. The van der Waals surface area contributed by atoms with Gasteiger partial charge in [0.25, 0.3) is 0 Å². The summed E-state index contributed by atoms with van der Waals surface area (Å²) in [5, 5.41) is 20.1. The first-order chi connectivity index (χ1) is 7.44. The molecular weight excluding hydrogens is 251 g/mol. The molecule has 0 spiro atoms. The van der Waals surface area contributed by atoms with Gasteiger partial charge in [-0.25, -0.2) is 0 Å². The van der Waals surface area contributed by atoms with E-state index in [0.29, 0.717) is 18.8 Å². The van der Waals surface area contributed by atoms with Crippen LogP contribution in [0.5, 0.6) is 0 Å². The van der Waals surface area contributed by atoms with Gasteiger partial charge in [-0.1, -0.05) is 24.9 Å². The Hall–Kier alpha value is -0.650. The number of hydrogen-bond acceptors (Lipinski definition) is 5. The molecule has 0 aliphatic heterocycles. The Morgan fingerprint density at radius 1 is 1.38 bits per heavy atom. The number of aromatic nitrogens is 3. The Bertz CT molecular complexity index is 359. The average Bonchev–Trinajstić information content (AvgIpc) is 2.19. The fraction of sp³-hybridized carbons (Fsp3) is 0.667. The highest BCUT2D eigenvalue weighted by molar-refractivity contribution is 6.32. The summed E-state index contributed by atoms with van der Waals surface area (Å²) >= 11 is 11.3. The van der Waals surface area contributed by atoms with Gasteiger partial charge in [0.1, 0.15) is 0 Å². The molecule has 16 heavy (non-hydrogen) atoms. The Morgan fingerprint density at radius 3 is 2.69 bits per heavy atom. The normalized spacial score (nSPS) is 14.6. The van der Waals surface area contributed by atoms with E-state index >= 15 is 0 Å². The molecule has 0 aromatic carbocycles. The zero-order valence-electron chi connectivity index (χ0n) is 9.17. The minimum Gasteiger partial charge on any atom is -0.388 e. The van der Waals surface area contributed by atoms with Crippen LogP contribution in [0.1, 0.15) is 26.7 Å². The second kappa shape index (κ2) is 5.61. The number of anilines is 1. The van der Waals surface area contributed by atoms with Crippen molar-refractivity contribution in [3.8, 4) is 0 Å². The lowest BCUT2D eigenvalue weighted by atomic mass is 10.0. The van der Waals surface area contributed by atoms with Crippen LogP contribution in [0, 0.1) is 0 Å². The summed E-state index contributed by atoms with van der Waals surface area (Å²) < 4.78 is 0. The molecule has 0 bridgehead atoms. The molecule has 1 atom stereocenters. The topological polar surface area (TPSA) is 70.9 Å². The third-order valence-electron chi connectivity index (χ3n) is 2.05. The van der Waals surface area contributed by atoms with Crippen molar-refractivity contribution in [3.63, 3.8) is 0 Å². The van der Waals surface area contributed by atoms with Gasteiger partial charge < -0.3 is 10.4 Å². The molecule has 1 aromatic heterocycles. The number of nitrogens with zero attached hydrogens (tertiary/aromatic N) is 3. The lowest BCUT2D eigenvalue weighted by Gasteiger charge is -2.23. The zero-order chi connectivity index (χ0) is 12.2. The number of rotatable bonds is 5. The van der Waals surface area contributed by atoms with Crippen LogP contribution in [-0.2, 0) is 0 Å². The van der Waals surface area contributed by atoms with Crippen LogP contribution in [0.2, 0.25) is 10.4 Å². The smallest absolute Gasteiger partial charge is 0.245 e. The van der Waals surface area contributed by atoms with Crippen LogP contribution in [0.3, 0.4) is 0 Å². The number of hydrogen-bond donors (Lipinski definition) is 2. The Kier molecular flexibility index (Phi) is 4.70. The van der Waals surface area contributed by atoms with Crippen LogP contribution in [-0.4, -0.2) is 32.4 Å². The minimum absolute atomic E-state index is 0.0158. The molecule has 1 rings (SSSR count). The van der Waals surface area contributed by atoms with E-state index in [1.807, 2.05) is 6.92 Å². The summed E-state index contributed by atoms with van der Waals surface area (Å²) in [5.41, 5.74) is -0.810. The second-order valence-corrected chi connectivity index (χ2v) is 4.52. The summed E-state index contributed by atoms with van der Waals surface area (Å²) in [6.07, 6.45) is 1.58. The maximum atomic E-state index is 9.93. The Labute approximate surface area is 104 Å². The van der Waals surface area contributed by atoms with Crippen molar-refractivity contribution in [1.29, 1.82) is 0 Å². The summed E-state index contributed by atoms with van der Waals surface area (Å²) in [6.45, 7) is 4.08. The standard InChI is InChI=1S/C9H14Cl2N4O/c1-3-4-9(2,16)5-12-7-6(10)14-15-8(11)13-7/h16H,3-5H2,1-2H3,(H,12,13,15). The highest BCUT2D eigenvalue weighted by atomic mass is 35.5. The lowest BCUT2D eigenvalue weighted by Crippen LogP contribution is -2.33. The highest BCUT2D eigenvalue weighted by Gasteiger charge is 2.19. The van der Waals surface area contributed by atoms with Gasteiger partial charge in [0.05, 0.1) is 5.60 Å². The van der Waals surface area contributed by atoms with Crippen LogP contribution in [0.4, 0.5) is 5.82 Å². The molecule has 0 aliphatic carbocycles. The maximum absolute atomic E-state index is 9.93. The third kappa shape index (κ3) is 4.08. The van der Waals surface area contributed by atoms with E-state index in [1.54, 1.807) is 6.92 Å². The molecule has 7 heteroatoms. The highest BCUT2D eigenvalue weighted by Crippen LogP contribution is 2.19. The van der Waals surface area contributed by atoms with E-state index in [2.05, 4.69) is 20.5 Å². The van der Waals surface area contributed by atoms with Crippen molar-refractivity contribution in [2.75, 3.05) is 11.9 Å². The third-order valence-corrected chi connectivity index (χ3v) is 2.46. The van der Waals surface area contributed by atoms with Crippen LogP contribution >= 0.6 is 23.2 Å². The quantitative estimate of drug-likeness (QED) is 0.853. The van der Waals surface area contributed by atoms with Gasteiger partial charge in [0.2, 0.25) is 5.28 Å². The predicted molar refractivity (Wildman–Crippen MR) is 63.9 cm³/mol. The molecule has 1 aromatic rings. The second-order valence-electron chi connectivity index (χ2n) is 3.82. The average molecular weight is 265 g/mol. The van der Waals surface area contributed by atoms with E-state index < -0.39 is 5.60 Å². The van der Waals surface area contributed by atoms with Gasteiger partial charge >= 0.3 is 0 Å². The molecule has 2 N–H and O–H groups in total. The van der Waals surface area contributed by atoms with E-state index in [-0.39, 0.29) is 10.4 Å². The molecule has 0 saturated carbocycles. The van der Waals surface area contributed by atoms with Gasteiger partial charge in [-0.2, -0.15) is 4.98 Å². The van der Waals surface area contributed by atoms with Crippen molar-refractivity contribution in [1.82, 2.24) is 15.2 Å². The first-order valence-corrected chi connectivity index (χ1v) is 5.72. The maximum Gasteiger partial charge on any atom is 0.245 e. The molecule has 0 amide bonds. The Balaban J connectivity index is 2.63. The summed E-state index contributed by atoms with van der Waals surface area (Å²) in [5.74, 6) is 0.332. The van der Waals surface area contributed by atoms with Crippen molar-refractivity contribution in [2.24, 2.45) is 0 Å². The monoisotopic (exact) mass is 264 g/mol. The molecule has 90 valence electrons. The fourth-order valence-corrected chi connectivity index (χ4v) is 1.58. The van der Waals surface area contributed by atoms with Crippen molar-refractivity contribution in [2.45, 2.75) is 32.3 Å². The number of nitrogens with one attached hydrogen (secondary N) is 1. The van der Waals surface area contributed by atoms with Crippen LogP contribution in [0.15, 0.2) is 0 Å². The molecule has 1 heterocycles. The largest absolute Gasteiger partial charge is 0.388 e. The minimum atomic E-state index is -0.810. The summed E-state index contributed by atoms with van der Waals surface area (Å²) in [6, 6.07) is 0. The molecule has 0 aliphatic rings. The predicted octanol–water partition coefficient (Wildman–Crippen LogP) is 2.14. The van der Waals surface area contributed by atoms with Crippen molar-refractivity contribution >= 4 is 29.0 Å². The van der Waals surface area contributed by atoms with Crippen molar-refractivity contribution < 1.29 is 5.11 Å².